The standard InChI is InChI=1S/C28H25ClN4O3S/c1-35-27(34)24-8-5-9-25(26(24)32-14-2-3-15-32)33-17-23(18-33)36-22-12-10-20(11-13-22)30-28(37)31-21-7-4-6-19(29)16-21/h2-16,23H,17-18H2,1H3,(H2,30,31,37). The average Bonchev–Trinajstić information content (AvgIpc) is 3.41. The van der Waals surface area contributed by atoms with E-state index in [1.807, 2.05) is 89.8 Å². The first-order valence-electron chi connectivity index (χ1n) is 11.7. The topological polar surface area (TPSA) is 67.8 Å². The molecule has 0 aliphatic carbocycles. The third-order valence-corrected chi connectivity index (χ3v) is 6.41. The van der Waals surface area contributed by atoms with Crippen LogP contribution in [0.25, 0.3) is 5.69 Å². The fourth-order valence-electron chi connectivity index (χ4n) is 4.19. The van der Waals surface area contributed by atoms with Gasteiger partial charge in [0.05, 0.1) is 37.1 Å². The van der Waals surface area contributed by atoms with E-state index in [-0.39, 0.29) is 12.1 Å². The lowest BCUT2D eigenvalue weighted by atomic mass is 10.1. The lowest BCUT2D eigenvalue weighted by Crippen LogP contribution is -2.54. The van der Waals surface area contributed by atoms with E-state index in [1.54, 1.807) is 6.07 Å². The molecule has 9 heteroatoms. The van der Waals surface area contributed by atoms with Crippen molar-refractivity contribution in [1.82, 2.24) is 4.57 Å². The second kappa shape index (κ2) is 10.9. The molecule has 2 heterocycles. The number of esters is 1. The van der Waals surface area contributed by atoms with Crippen LogP contribution in [0.2, 0.25) is 5.02 Å². The lowest BCUT2D eigenvalue weighted by Gasteiger charge is -2.41. The first kappa shape index (κ1) is 24.7. The number of rotatable bonds is 7. The van der Waals surface area contributed by atoms with E-state index in [4.69, 9.17) is 33.3 Å². The molecular formula is C28H25ClN4O3S. The van der Waals surface area contributed by atoms with Crippen molar-refractivity contribution < 1.29 is 14.3 Å². The number of carbonyl (C=O) groups is 1. The number of para-hydroxylation sites is 1. The highest BCUT2D eigenvalue weighted by atomic mass is 35.5. The molecule has 0 saturated carbocycles. The van der Waals surface area contributed by atoms with E-state index in [2.05, 4.69) is 15.5 Å². The summed E-state index contributed by atoms with van der Waals surface area (Å²) in [7, 11) is 1.39. The van der Waals surface area contributed by atoms with E-state index in [1.165, 1.54) is 7.11 Å². The van der Waals surface area contributed by atoms with Crippen LogP contribution in [0.3, 0.4) is 0 Å². The molecule has 1 aliphatic heterocycles. The van der Waals surface area contributed by atoms with Gasteiger partial charge in [0.15, 0.2) is 5.11 Å². The summed E-state index contributed by atoms with van der Waals surface area (Å²) in [4.78, 5) is 14.6. The zero-order valence-corrected chi connectivity index (χ0v) is 21.6. The van der Waals surface area contributed by atoms with Gasteiger partial charge in [-0.2, -0.15) is 0 Å². The van der Waals surface area contributed by atoms with Gasteiger partial charge in [-0.1, -0.05) is 23.7 Å². The summed E-state index contributed by atoms with van der Waals surface area (Å²) in [6.07, 6.45) is 3.87. The summed E-state index contributed by atoms with van der Waals surface area (Å²) in [6.45, 7) is 1.40. The van der Waals surface area contributed by atoms with Crippen LogP contribution in [0.5, 0.6) is 5.75 Å². The van der Waals surface area contributed by atoms with Crippen molar-refractivity contribution in [1.29, 1.82) is 0 Å². The second-order valence-corrected chi connectivity index (χ2v) is 9.36. The van der Waals surface area contributed by atoms with Gasteiger partial charge in [-0.3, -0.25) is 0 Å². The Morgan fingerprint density at radius 3 is 2.35 bits per heavy atom. The van der Waals surface area contributed by atoms with Crippen LogP contribution in [0, 0.1) is 0 Å². The molecule has 0 atom stereocenters. The van der Waals surface area contributed by atoms with E-state index in [9.17, 15) is 4.79 Å². The van der Waals surface area contributed by atoms with Crippen molar-refractivity contribution in [2.75, 3.05) is 35.7 Å². The zero-order chi connectivity index (χ0) is 25.8. The molecule has 3 aromatic carbocycles. The van der Waals surface area contributed by atoms with Gasteiger partial charge in [0, 0.05) is 28.8 Å². The van der Waals surface area contributed by atoms with Gasteiger partial charge in [0.2, 0.25) is 0 Å². The number of ether oxygens (including phenoxy) is 2. The van der Waals surface area contributed by atoms with Crippen LogP contribution in [0.1, 0.15) is 10.4 Å². The zero-order valence-electron chi connectivity index (χ0n) is 20.1. The van der Waals surface area contributed by atoms with E-state index in [0.717, 1.165) is 28.5 Å². The quantitative estimate of drug-likeness (QED) is 0.224. The Morgan fingerprint density at radius 2 is 1.65 bits per heavy atom. The molecule has 188 valence electrons. The van der Waals surface area contributed by atoms with Crippen LogP contribution in [-0.2, 0) is 4.74 Å². The van der Waals surface area contributed by atoms with Crippen molar-refractivity contribution in [3.05, 3.63) is 102 Å². The maximum atomic E-state index is 12.4. The Morgan fingerprint density at radius 1 is 0.946 bits per heavy atom. The number of halogens is 1. The minimum Gasteiger partial charge on any atom is -0.487 e. The van der Waals surface area contributed by atoms with Crippen molar-refractivity contribution >= 4 is 52.0 Å². The molecule has 0 radical (unpaired) electrons. The number of anilines is 3. The number of benzene rings is 3. The van der Waals surface area contributed by atoms with Gasteiger partial charge in [0.1, 0.15) is 11.9 Å². The number of thiocarbonyl (C=S) groups is 1. The third-order valence-electron chi connectivity index (χ3n) is 5.97. The largest absolute Gasteiger partial charge is 0.487 e. The smallest absolute Gasteiger partial charge is 0.340 e. The van der Waals surface area contributed by atoms with Gasteiger partial charge in [-0.05, 0) is 78.9 Å². The van der Waals surface area contributed by atoms with Gasteiger partial charge in [0.25, 0.3) is 0 Å². The van der Waals surface area contributed by atoms with Gasteiger partial charge in [-0.15, -0.1) is 0 Å². The Labute approximate surface area is 225 Å². The third kappa shape index (κ3) is 5.71. The van der Waals surface area contributed by atoms with Crippen molar-refractivity contribution in [3.63, 3.8) is 0 Å². The molecular weight excluding hydrogens is 508 g/mol. The maximum Gasteiger partial charge on any atom is 0.340 e. The molecule has 4 aromatic rings. The Bertz CT molecular complexity index is 1400. The van der Waals surface area contributed by atoms with Gasteiger partial charge in [-0.25, -0.2) is 4.79 Å². The Hall–Kier alpha value is -4.01. The summed E-state index contributed by atoms with van der Waals surface area (Å²) in [5, 5.41) is 7.38. The van der Waals surface area contributed by atoms with Gasteiger partial charge >= 0.3 is 5.97 Å². The molecule has 0 spiro atoms. The lowest BCUT2D eigenvalue weighted by molar-refractivity contribution is 0.0600. The maximum absolute atomic E-state index is 12.4. The number of methoxy groups -OCH3 is 1. The normalized spacial score (nSPS) is 13.0. The number of carbonyl (C=O) groups excluding carboxylic acids is 1. The molecule has 1 fully saturated rings. The van der Waals surface area contributed by atoms with Crippen molar-refractivity contribution in [3.8, 4) is 11.4 Å². The van der Waals surface area contributed by atoms with Crippen LogP contribution in [0.4, 0.5) is 17.1 Å². The molecule has 1 saturated heterocycles. The monoisotopic (exact) mass is 532 g/mol. The predicted octanol–water partition coefficient (Wildman–Crippen LogP) is 5.99. The van der Waals surface area contributed by atoms with Crippen molar-refractivity contribution in [2.45, 2.75) is 6.10 Å². The summed E-state index contributed by atoms with van der Waals surface area (Å²) in [5.74, 6) is 0.410. The number of hydrogen-bond acceptors (Lipinski definition) is 5. The highest BCUT2D eigenvalue weighted by molar-refractivity contribution is 7.80. The number of hydrogen-bond donors (Lipinski definition) is 2. The number of nitrogens with zero attached hydrogens (tertiary/aromatic N) is 2. The summed E-state index contributed by atoms with van der Waals surface area (Å²) in [6, 6.07) is 24.6. The van der Waals surface area contributed by atoms with E-state index in [0.29, 0.717) is 28.8 Å². The molecule has 0 amide bonds. The van der Waals surface area contributed by atoms with Gasteiger partial charge < -0.3 is 29.6 Å². The average molecular weight is 533 g/mol. The molecule has 2 N–H and O–H groups in total. The first-order chi connectivity index (χ1) is 18.0. The van der Waals surface area contributed by atoms with Crippen molar-refractivity contribution in [2.24, 2.45) is 0 Å². The highest BCUT2D eigenvalue weighted by Crippen LogP contribution is 2.33. The first-order valence-corrected chi connectivity index (χ1v) is 12.5. The second-order valence-electron chi connectivity index (χ2n) is 8.51. The van der Waals surface area contributed by atoms with Crippen LogP contribution in [-0.4, -0.2) is 42.0 Å². The molecule has 5 rings (SSSR count). The molecule has 1 aromatic heterocycles. The molecule has 0 bridgehead atoms. The van der Waals surface area contributed by atoms with Crippen LogP contribution in [0.15, 0.2) is 91.3 Å². The Kier molecular flexibility index (Phi) is 7.30. The van der Waals surface area contributed by atoms with E-state index < -0.39 is 0 Å². The van der Waals surface area contributed by atoms with E-state index >= 15 is 0 Å². The number of aromatic nitrogens is 1. The fourth-order valence-corrected chi connectivity index (χ4v) is 4.62. The predicted molar refractivity (Wildman–Crippen MR) is 151 cm³/mol. The molecule has 37 heavy (non-hydrogen) atoms. The Balaban J connectivity index is 1.19. The molecule has 1 aliphatic rings. The highest BCUT2D eigenvalue weighted by Gasteiger charge is 2.32. The van der Waals surface area contributed by atoms with Crippen LogP contribution >= 0.6 is 23.8 Å². The molecule has 0 unspecified atom stereocenters. The fraction of sp³-hybridized carbons (Fsp3) is 0.143. The molecule has 7 nitrogen and oxygen atoms in total. The number of nitrogens with one attached hydrogen (secondary N) is 2. The summed E-state index contributed by atoms with van der Waals surface area (Å²) in [5.41, 5.74) is 3.94. The SMILES string of the molecule is COC(=O)c1cccc(N2CC(Oc3ccc(NC(=S)Nc4cccc(Cl)c4)cc3)C2)c1-n1cccc1. The minimum atomic E-state index is -0.366. The summed E-state index contributed by atoms with van der Waals surface area (Å²) >= 11 is 11.4. The minimum absolute atomic E-state index is 0.0312. The van der Waals surface area contributed by atoms with Crippen LogP contribution < -0.4 is 20.3 Å². The summed E-state index contributed by atoms with van der Waals surface area (Å²) < 4.78 is 13.1.